The van der Waals surface area contributed by atoms with E-state index in [0.717, 1.165) is 17.0 Å². The van der Waals surface area contributed by atoms with Crippen LogP contribution in [0.4, 0.5) is 5.95 Å². The number of fused-ring (bicyclic) bond motifs is 1. The molecule has 0 radical (unpaired) electrons. The van der Waals surface area contributed by atoms with E-state index in [2.05, 4.69) is 20.4 Å². The first kappa shape index (κ1) is 14.2. The second kappa shape index (κ2) is 5.83. The third-order valence-corrected chi connectivity index (χ3v) is 3.03. The van der Waals surface area contributed by atoms with Crippen LogP contribution in [0.15, 0.2) is 0 Å². The molecule has 8 nitrogen and oxygen atoms in total. The zero-order valence-corrected chi connectivity index (χ0v) is 11.8. The minimum absolute atomic E-state index is 0.0810. The molecule has 0 unspecified atom stereocenters. The molecule has 20 heavy (non-hydrogen) atoms. The summed E-state index contributed by atoms with van der Waals surface area (Å²) in [6, 6.07) is 0. The Bertz CT molecular complexity index is 636. The molecule has 0 spiro atoms. The van der Waals surface area contributed by atoms with Crippen LogP contribution in [-0.2, 0) is 16.0 Å². The summed E-state index contributed by atoms with van der Waals surface area (Å²) >= 11 is 0. The molecule has 0 aliphatic carbocycles. The second-order valence-corrected chi connectivity index (χ2v) is 4.46. The number of carbonyl (C=O) groups excluding carboxylic acids is 1. The summed E-state index contributed by atoms with van der Waals surface area (Å²) in [5.41, 5.74) is 7.97. The molecule has 8 heteroatoms. The monoisotopic (exact) mass is 278 g/mol. The third kappa shape index (κ3) is 2.85. The molecule has 2 rings (SSSR count). The summed E-state index contributed by atoms with van der Waals surface area (Å²) in [6.45, 7) is 4.68. The van der Waals surface area contributed by atoms with E-state index >= 15 is 0 Å². The minimum atomic E-state index is -0.0810. The van der Waals surface area contributed by atoms with E-state index in [-0.39, 0.29) is 18.3 Å². The Labute approximate surface area is 116 Å². The van der Waals surface area contributed by atoms with Gasteiger partial charge in [0.2, 0.25) is 11.9 Å². The summed E-state index contributed by atoms with van der Waals surface area (Å²) in [6.07, 6.45) is 0.240. The smallest absolute Gasteiger partial charge is 0.254 e. The second-order valence-electron chi connectivity index (χ2n) is 4.46. The number of anilines is 1. The van der Waals surface area contributed by atoms with Gasteiger partial charge in [-0.05, 0) is 13.8 Å². The van der Waals surface area contributed by atoms with E-state index in [4.69, 9.17) is 10.5 Å². The molecule has 0 aliphatic heterocycles. The number of rotatable bonds is 5. The Morgan fingerprint density at radius 3 is 2.85 bits per heavy atom. The van der Waals surface area contributed by atoms with E-state index in [0.29, 0.717) is 18.9 Å². The fourth-order valence-corrected chi connectivity index (χ4v) is 2.00. The van der Waals surface area contributed by atoms with Crippen molar-refractivity contribution in [3.8, 4) is 0 Å². The summed E-state index contributed by atoms with van der Waals surface area (Å²) in [5.74, 6) is 0.533. The number of amides is 1. The van der Waals surface area contributed by atoms with Crippen LogP contribution in [-0.4, -0.2) is 45.8 Å². The number of methoxy groups -OCH3 is 1. The van der Waals surface area contributed by atoms with Crippen molar-refractivity contribution in [2.24, 2.45) is 0 Å². The van der Waals surface area contributed by atoms with Crippen LogP contribution >= 0.6 is 0 Å². The highest BCUT2D eigenvalue weighted by Gasteiger charge is 2.15. The standard InChI is InChI=1S/C12H18N6O2/c1-7-9(6-10(19)14-4-5-20-3)8(2)18-12(15-7)16-11(13)17-18/h4-6H2,1-3H3,(H2,13,17)(H,14,19). The van der Waals surface area contributed by atoms with Crippen molar-refractivity contribution in [1.82, 2.24) is 24.9 Å². The molecule has 0 bridgehead atoms. The number of ether oxygens (including phenoxy) is 1. The average molecular weight is 278 g/mol. The fourth-order valence-electron chi connectivity index (χ4n) is 2.00. The van der Waals surface area contributed by atoms with E-state index in [9.17, 15) is 4.79 Å². The highest BCUT2D eigenvalue weighted by atomic mass is 16.5. The Hall–Kier alpha value is -2.22. The minimum Gasteiger partial charge on any atom is -0.383 e. The highest BCUT2D eigenvalue weighted by Crippen LogP contribution is 2.14. The first-order valence-electron chi connectivity index (χ1n) is 6.27. The number of nitrogens with zero attached hydrogens (tertiary/aromatic N) is 4. The number of carbonyl (C=O) groups is 1. The van der Waals surface area contributed by atoms with Gasteiger partial charge >= 0.3 is 0 Å². The molecule has 0 aromatic carbocycles. The van der Waals surface area contributed by atoms with Crippen molar-refractivity contribution < 1.29 is 9.53 Å². The van der Waals surface area contributed by atoms with Crippen molar-refractivity contribution in [3.63, 3.8) is 0 Å². The van der Waals surface area contributed by atoms with Crippen molar-refractivity contribution >= 4 is 17.6 Å². The normalized spacial score (nSPS) is 10.9. The lowest BCUT2D eigenvalue weighted by atomic mass is 10.1. The Balaban J connectivity index is 2.23. The summed E-state index contributed by atoms with van der Waals surface area (Å²) in [7, 11) is 1.59. The molecule has 108 valence electrons. The number of nitrogens with one attached hydrogen (secondary N) is 1. The maximum absolute atomic E-state index is 11.9. The van der Waals surface area contributed by atoms with Gasteiger partial charge in [-0.1, -0.05) is 0 Å². The Morgan fingerprint density at radius 1 is 1.40 bits per heavy atom. The molecular formula is C12H18N6O2. The van der Waals surface area contributed by atoms with Gasteiger partial charge in [-0.2, -0.15) is 9.50 Å². The van der Waals surface area contributed by atoms with Gasteiger partial charge < -0.3 is 15.8 Å². The van der Waals surface area contributed by atoms with Crippen LogP contribution in [0.25, 0.3) is 5.78 Å². The van der Waals surface area contributed by atoms with Crippen LogP contribution in [0.5, 0.6) is 0 Å². The predicted octanol–water partition coefficient (Wildman–Crippen LogP) is -0.372. The number of hydrogen-bond donors (Lipinski definition) is 2. The van der Waals surface area contributed by atoms with Gasteiger partial charge in [0, 0.05) is 30.6 Å². The number of hydrogen-bond acceptors (Lipinski definition) is 6. The van der Waals surface area contributed by atoms with Gasteiger partial charge in [0.25, 0.3) is 5.78 Å². The molecule has 2 aromatic rings. The van der Waals surface area contributed by atoms with E-state index in [1.807, 2.05) is 13.8 Å². The summed E-state index contributed by atoms with van der Waals surface area (Å²) in [4.78, 5) is 20.2. The number of nitrogen functional groups attached to an aromatic ring is 1. The van der Waals surface area contributed by atoms with E-state index in [1.54, 1.807) is 11.6 Å². The zero-order chi connectivity index (χ0) is 14.7. The highest BCUT2D eigenvalue weighted by molar-refractivity contribution is 5.79. The molecule has 0 fully saturated rings. The van der Waals surface area contributed by atoms with Crippen molar-refractivity contribution in [3.05, 3.63) is 17.0 Å². The van der Waals surface area contributed by atoms with Crippen LogP contribution in [0.3, 0.4) is 0 Å². The van der Waals surface area contributed by atoms with Crippen LogP contribution < -0.4 is 11.1 Å². The maximum Gasteiger partial charge on any atom is 0.254 e. The molecule has 0 saturated carbocycles. The third-order valence-electron chi connectivity index (χ3n) is 3.03. The lowest BCUT2D eigenvalue weighted by molar-refractivity contribution is -0.120. The summed E-state index contributed by atoms with van der Waals surface area (Å²) in [5, 5.41) is 6.84. The van der Waals surface area contributed by atoms with Gasteiger partial charge in [-0.3, -0.25) is 4.79 Å². The lowest BCUT2D eigenvalue weighted by Crippen LogP contribution is -2.29. The molecule has 0 saturated heterocycles. The number of aromatic nitrogens is 4. The SMILES string of the molecule is COCCNC(=O)Cc1c(C)nc2nc(N)nn2c1C. The quantitative estimate of drug-likeness (QED) is 0.722. The van der Waals surface area contributed by atoms with Crippen molar-refractivity contribution in [2.45, 2.75) is 20.3 Å². The van der Waals surface area contributed by atoms with Crippen molar-refractivity contribution in [2.75, 3.05) is 26.0 Å². The average Bonchev–Trinajstić information content (AvgIpc) is 2.75. The van der Waals surface area contributed by atoms with Gasteiger partial charge in [-0.25, -0.2) is 4.98 Å². The number of aryl methyl sites for hydroxylation is 2. The molecular weight excluding hydrogens is 260 g/mol. The zero-order valence-electron chi connectivity index (χ0n) is 11.8. The Kier molecular flexibility index (Phi) is 4.14. The van der Waals surface area contributed by atoms with Crippen LogP contribution in [0.2, 0.25) is 0 Å². The molecule has 1 amide bonds. The molecule has 0 aliphatic rings. The van der Waals surface area contributed by atoms with Gasteiger partial charge in [0.1, 0.15) is 0 Å². The first-order valence-corrected chi connectivity index (χ1v) is 6.27. The van der Waals surface area contributed by atoms with Crippen molar-refractivity contribution in [1.29, 1.82) is 0 Å². The van der Waals surface area contributed by atoms with Gasteiger partial charge in [0.15, 0.2) is 0 Å². The van der Waals surface area contributed by atoms with Gasteiger partial charge in [0.05, 0.1) is 13.0 Å². The van der Waals surface area contributed by atoms with Crippen LogP contribution in [0.1, 0.15) is 17.0 Å². The topological polar surface area (TPSA) is 107 Å². The fraction of sp³-hybridized carbons (Fsp3) is 0.500. The van der Waals surface area contributed by atoms with Crippen LogP contribution in [0, 0.1) is 13.8 Å². The number of nitrogens with two attached hydrogens (primary N) is 1. The molecule has 2 aromatic heterocycles. The summed E-state index contributed by atoms with van der Waals surface area (Å²) < 4.78 is 6.44. The van der Waals surface area contributed by atoms with E-state index in [1.165, 1.54) is 0 Å². The molecule has 3 N–H and O–H groups in total. The van der Waals surface area contributed by atoms with E-state index < -0.39 is 0 Å². The Morgan fingerprint density at radius 2 is 2.15 bits per heavy atom. The largest absolute Gasteiger partial charge is 0.383 e. The predicted molar refractivity (Wildman–Crippen MR) is 73.3 cm³/mol. The molecule has 0 atom stereocenters. The lowest BCUT2D eigenvalue weighted by Gasteiger charge is -2.10. The maximum atomic E-state index is 11.9. The van der Waals surface area contributed by atoms with Gasteiger partial charge in [-0.15, -0.1) is 5.10 Å². The molecule has 2 heterocycles. The first-order chi connectivity index (χ1) is 9.52.